The molecule has 1 saturated heterocycles. The van der Waals surface area contributed by atoms with E-state index in [-0.39, 0.29) is 29.8 Å². The number of aromatic nitrogens is 1. The summed E-state index contributed by atoms with van der Waals surface area (Å²) in [6.45, 7) is 0.535. The van der Waals surface area contributed by atoms with E-state index in [0.717, 1.165) is 5.56 Å². The van der Waals surface area contributed by atoms with Gasteiger partial charge in [-0.25, -0.2) is 8.42 Å². The predicted molar refractivity (Wildman–Crippen MR) is 94.8 cm³/mol. The second-order valence-electron chi connectivity index (χ2n) is 5.88. The molecule has 0 saturated carbocycles. The molecule has 1 aliphatic rings. The lowest BCUT2D eigenvalue weighted by molar-refractivity contribution is -0.118. The van der Waals surface area contributed by atoms with E-state index in [0.29, 0.717) is 22.8 Å². The molecule has 2 aromatic rings. The van der Waals surface area contributed by atoms with Gasteiger partial charge in [0, 0.05) is 23.0 Å². The highest BCUT2D eigenvalue weighted by atomic mass is 35.5. The zero-order valence-electron chi connectivity index (χ0n) is 12.9. The smallest absolute Gasteiger partial charge is 0.248 e. The first-order chi connectivity index (χ1) is 11.4. The molecule has 0 spiro atoms. The Morgan fingerprint density at radius 1 is 1.38 bits per heavy atom. The lowest BCUT2D eigenvalue weighted by Gasteiger charge is -2.06. The summed E-state index contributed by atoms with van der Waals surface area (Å²) in [7, 11) is -2.97. The van der Waals surface area contributed by atoms with E-state index < -0.39 is 9.84 Å². The van der Waals surface area contributed by atoms with Crippen LogP contribution in [0.2, 0.25) is 5.02 Å². The zero-order chi connectivity index (χ0) is 17.2. The summed E-state index contributed by atoms with van der Waals surface area (Å²) in [5, 5.41) is 2.54. The SMILES string of the molecule is O=C(CC1CCS(=O)(=O)C1)N=c1sccn1Cc1ccccc1Cl. The average molecular weight is 385 g/mol. The van der Waals surface area contributed by atoms with Crippen molar-refractivity contribution in [2.45, 2.75) is 19.4 Å². The van der Waals surface area contributed by atoms with E-state index >= 15 is 0 Å². The number of nitrogens with zero attached hydrogens (tertiary/aromatic N) is 2. The quantitative estimate of drug-likeness (QED) is 0.813. The van der Waals surface area contributed by atoms with Crippen molar-refractivity contribution >= 4 is 38.7 Å². The Morgan fingerprint density at radius 2 is 2.17 bits per heavy atom. The van der Waals surface area contributed by atoms with Crippen LogP contribution in [0.5, 0.6) is 0 Å². The first-order valence-corrected chi connectivity index (χ1v) is 10.7. The van der Waals surface area contributed by atoms with Crippen molar-refractivity contribution in [1.29, 1.82) is 0 Å². The molecule has 24 heavy (non-hydrogen) atoms. The monoisotopic (exact) mass is 384 g/mol. The molecule has 1 fully saturated rings. The summed E-state index contributed by atoms with van der Waals surface area (Å²) in [4.78, 5) is 16.9. The molecule has 0 bridgehead atoms. The molecule has 1 aromatic heterocycles. The molecule has 1 unspecified atom stereocenters. The van der Waals surface area contributed by atoms with E-state index in [4.69, 9.17) is 11.6 Å². The van der Waals surface area contributed by atoms with Gasteiger partial charge in [-0.1, -0.05) is 29.8 Å². The Hall–Kier alpha value is -1.44. The number of rotatable bonds is 4. The molecule has 1 aliphatic heterocycles. The van der Waals surface area contributed by atoms with Crippen molar-refractivity contribution in [3.63, 3.8) is 0 Å². The van der Waals surface area contributed by atoms with Gasteiger partial charge in [0.1, 0.15) is 0 Å². The third-order valence-corrected chi connectivity index (χ3v) is 6.97. The van der Waals surface area contributed by atoms with E-state index in [1.165, 1.54) is 11.3 Å². The van der Waals surface area contributed by atoms with Crippen molar-refractivity contribution in [3.8, 4) is 0 Å². The highest BCUT2D eigenvalue weighted by molar-refractivity contribution is 7.91. The number of thiazole rings is 1. The van der Waals surface area contributed by atoms with Crippen LogP contribution in [0.15, 0.2) is 40.8 Å². The van der Waals surface area contributed by atoms with Crippen molar-refractivity contribution in [3.05, 3.63) is 51.2 Å². The van der Waals surface area contributed by atoms with Gasteiger partial charge < -0.3 is 4.57 Å². The summed E-state index contributed by atoms with van der Waals surface area (Å²) in [6.07, 6.45) is 2.59. The lowest BCUT2D eigenvalue weighted by atomic mass is 10.1. The summed E-state index contributed by atoms with van der Waals surface area (Å²) in [5.74, 6) is -0.106. The fourth-order valence-corrected chi connectivity index (χ4v) is 5.55. The Labute approximate surface area is 149 Å². The summed E-state index contributed by atoms with van der Waals surface area (Å²) >= 11 is 7.55. The fourth-order valence-electron chi connectivity index (χ4n) is 2.75. The molecule has 2 heterocycles. The van der Waals surface area contributed by atoms with Crippen LogP contribution >= 0.6 is 22.9 Å². The minimum absolute atomic E-state index is 0.0956. The Morgan fingerprint density at radius 3 is 2.88 bits per heavy atom. The summed E-state index contributed by atoms with van der Waals surface area (Å²) in [5.41, 5.74) is 0.952. The van der Waals surface area contributed by atoms with Gasteiger partial charge in [-0.3, -0.25) is 4.79 Å². The van der Waals surface area contributed by atoms with Crippen molar-refractivity contribution in [1.82, 2.24) is 4.57 Å². The zero-order valence-corrected chi connectivity index (χ0v) is 15.3. The molecule has 1 atom stereocenters. The number of halogens is 1. The first kappa shape index (κ1) is 17.4. The molecule has 0 radical (unpaired) electrons. The van der Waals surface area contributed by atoms with Gasteiger partial charge in [-0.15, -0.1) is 11.3 Å². The van der Waals surface area contributed by atoms with Crippen LogP contribution in [0.25, 0.3) is 0 Å². The van der Waals surface area contributed by atoms with Crippen LogP contribution in [0.3, 0.4) is 0 Å². The van der Waals surface area contributed by atoms with Gasteiger partial charge >= 0.3 is 0 Å². The van der Waals surface area contributed by atoms with Crippen molar-refractivity contribution in [2.75, 3.05) is 11.5 Å². The number of carbonyl (C=O) groups is 1. The Balaban J connectivity index is 1.73. The van der Waals surface area contributed by atoms with Crippen LogP contribution in [0, 0.1) is 5.92 Å². The maximum Gasteiger partial charge on any atom is 0.248 e. The normalized spacial score (nSPS) is 20.4. The fraction of sp³-hybridized carbons (Fsp3) is 0.375. The Kier molecular flexibility index (Phi) is 5.22. The molecule has 1 aromatic carbocycles. The summed E-state index contributed by atoms with van der Waals surface area (Å²) in [6, 6.07) is 7.54. The van der Waals surface area contributed by atoms with Crippen molar-refractivity contribution in [2.24, 2.45) is 10.9 Å². The van der Waals surface area contributed by atoms with E-state index in [1.54, 1.807) is 0 Å². The average Bonchev–Trinajstić information content (AvgIpc) is 3.08. The maximum absolute atomic E-state index is 12.2. The highest BCUT2D eigenvalue weighted by Gasteiger charge is 2.29. The van der Waals surface area contributed by atoms with Gasteiger partial charge in [0.25, 0.3) is 0 Å². The molecule has 128 valence electrons. The second-order valence-corrected chi connectivity index (χ2v) is 9.39. The molecule has 1 amide bonds. The van der Waals surface area contributed by atoms with Crippen molar-refractivity contribution < 1.29 is 13.2 Å². The number of sulfone groups is 1. The van der Waals surface area contributed by atoms with Gasteiger partial charge in [0.05, 0.1) is 18.1 Å². The first-order valence-electron chi connectivity index (χ1n) is 7.58. The minimum Gasteiger partial charge on any atom is -0.319 e. The molecule has 8 heteroatoms. The van der Waals surface area contributed by atoms with Gasteiger partial charge in [0.2, 0.25) is 5.91 Å². The van der Waals surface area contributed by atoms with Crippen LogP contribution in [-0.2, 0) is 21.2 Å². The minimum atomic E-state index is -2.97. The van der Waals surface area contributed by atoms with E-state index in [2.05, 4.69) is 4.99 Å². The topological polar surface area (TPSA) is 68.5 Å². The van der Waals surface area contributed by atoms with Gasteiger partial charge in [-0.05, 0) is 24.0 Å². The van der Waals surface area contributed by atoms with Crippen LogP contribution < -0.4 is 4.80 Å². The summed E-state index contributed by atoms with van der Waals surface area (Å²) < 4.78 is 24.8. The number of hydrogen-bond donors (Lipinski definition) is 0. The molecular weight excluding hydrogens is 368 g/mol. The third kappa shape index (κ3) is 4.34. The number of amides is 1. The number of carbonyl (C=O) groups excluding carboxylic acids is 1. The van der Waals surface area contributed by atoms with Gasteiger partial charge in [-0.2, -0.15) is 4.99 Å². The lowest BCUT2D eigenvalue weighted by Crippen LogP contribution is -2.18. The molecular formula is C16H17ClN2O3S2. The molecule has 0 aliphatic carbocycles. The largest absolute Gasteiger partial charge is 0.319 e. The van der Waals surface area contributed by atoms with Crippen LogP contribution in [0.1, 0.15) is 18.4 Å². The second kappa shape index (κ2) is 7.21. The Bertz CT molecular complexity index is 915. The molecule has 0 N–H and O–H groups in total. The molecule has 5 nitrogen and oxygen atoms in total. The standard InChI is InChI=1S/C16H17ClN2O3S2/c17-14-4-2-1-3-13(14)10-19-6-7-23-16(19)18-15(20)9-12-5-8-24(21,22)11-12/h1-4,6-7,12H,5,8-11H2. The van der Waals surface area contributed by atoms with E-state index in [9.17, 15) is 13.2 Å². The maximum atomic E-state index is 12.2. The highest BCUT2D eigenvalue weighted by Crippen LogP contribution is 2.22. The van der Waals surface area contributed by atoms with Crippen LogP contribution in [0.4, 0.5) is 0 Å². The predicted octanol–water partition coefficient (Wildman–Crippen LogP) is 2.50. The number of hydrogen-bond acceptors (Lipinski definition) is 4. The third-order valence-electron chi connectivity index (χ3n) is 3.97. The number of benzene rings is 1. The van der Waals surface area contributed by atoms with Crippen LogP contribution in [-0.4, -0.2) is 30.4 Å². The van der Waals surface area contributed by atoms with E-state index in [1.807, 2.05) is 40.4 Å². The van der Waals surface area contributed by atoms with Gasteiger partial charge in [0.15, 0.2) is 14.6 Å². The molecule has 3 rings (SSSR count).